The number of aryl methyl sites for hydroxylation is 1. The highest BCUT2D eigenvalue weighted by Gasteiger charge is 2.08. The zero-order valence-corrected chi connectivity index (χ0v) is 14.7. The third-order valence-electron chi connectivity index (χ3n) is 3.90. The number of methoxy groups -OCH3 is 1. The Bertz CT molecular complexity index is 888. The number of nitrogens with zero attached hydrogens (tertiary/aromatic N) is 2. The number of rotatable bonds is 5. The molecule has 6 heteroatoms. The van der Waals surface area contributed by atoms with Crippen LogP contribution < -0.4 is 10.1 Å². The van der Waals surface area contributed by atoms with Gasteiger partial charge in [0.1, 0.15) is 11.6 Å². The largest absolute Gasteiger partial charge is 0.495 e. The number of aromatic nitrogens is 2. The molecule has 0 bridgehead atoms. The van der Waals surface area contributed by atoms with Gasteiger partial charge in [-0.3, -0.25) is 4.79 Å². The standard InChI is InChI=1S/C19H18ClN3O2/c1-13-21-9-10-23(13)12-14-3-5-15(6-4-14)19(24)22-16-7-8-18(25-2)17(20)11-16/h3-11H,12H2,1-2H3,(H,22,24). The van der Waals surface area contributed by atoms with Crippen LogP contribution in [0.3, 0.4) is 0 Å². The molecule has 0 aliphatic carbocycles. The number of amides is 1. The first-order valence-electron chi connectivity index (χ1n) is 7.78. The second-order valence-electron chi connectivity index (χ2n) is 5.60. The molecule has 1 aromatic heterocycles. The van der Waals surface area contributed by atoms with Crippen LogP contribution in [-0.2, 0) is 6.54 Å². The molecule has 0 spiro atoms. The number of anilines is 1. The van der Waals surface area contributed by atoms with Crippen molar-refractivity contribution >= 4 is 23.2 Å². The fraction of sp³-hybridized carbons (Fsp3) is 0.158. The lowest BCUT2D eigenvalue weighted by atomic mass is 10.1. The molecule has 1 N–H and O–H groups in total. The van der Waals surface area contributed by atoms with Crippen LogP contribution in [0.5, 0.6) is 5.75 Å². The third-order valence-corrected chi connectivity index (χ3v) is 4.20. The predicted molar refractivity (Wildman–Crippen MR) is 98.5 cm³/mol. The molecule has 5 nitrogen and oxygen atoms in total. The lowest BCUT2D eigenvalue weighted by Crippen LogP contribution is -2.12. The van der Waals surface area contributed by atoms with E-state index in [-0.39, 0.29) is 5.91 Å². The number of carbonyl (C=O) groups is 1. The van der Waals surface area contributed by atoms with Crippen molar-refractivity contribution in [2.45, 2.75) is 13.5 Å². The number of hydrogen-bond acceptors (Lipinski definition) is 3. The minimum Gasteiger partial charge on any atom is -0.495 e. The second kappa shape index (κ2) is 7.40. The SMILES string of the molecule is COc1ccc(NC(=O)c2ccc(Cn3ccnc3C)cc2)cc1Cl. The van der Waals surface area contributed by atoms with E-state index < -0.39 is 0 Å². The zero-order valence-electron chi connectivity index (χ0n) is 14.0. The van der Waals surface area contributed by atoms with Gasteiger partial charge >= 0.3 is 0 Å². The highest BCUT2D eigenvalue weighted by atomic mass is 35.5. The summed E-state index contributed by atoms with van der Waals surface area (Å²) in [4.78, 5) is 16.6. The van der Waals surface area contributed by atoms with Crippen molar-refractivity contribution in [2.24, 2.45) is 0 Å². The van der Waals surface area contributed by atoms with Gasteiger partial charge in [0.15, 0.2) is 0 Å². The first-order valence-corrected chi connectivity index (χ1v) is 8.16. The Labute approximate surface area is 151 Å². The Hall–Kier alpha value is -2.79. The number of hydrogen-bond donors (Lipinski definition) is 1. The number of nitrogens with one attached hydrogen (secondary N) is 1. The van der Waals surface area contributed by atoms with E-state index in [2.05, 4.69) is 14.9 Å². The number of carbonyl (C=O) groups excluding carboxylic acids is 1. The van der Waals surface area contributed by atoms with E-state index in [0.29, 0.717) is 22.0 Å². The first kappa shape index (κ1) is 17.0. The maximum absolute atomic E-state index is 12.4. The summed E-state index contributed by atoms with van der Waals surface area (Å²) in [6.45, 7) is 2.68. The highest BCUT2D eigenvalue weighted by Crippen LogP contribution is 2.27. The summed E-state index contributed by atoms with van der Waals surface area (Å²) in [5.41, 5.74) is 2.30. The summed E-state index contributed by atoms with van der Waals surface area (Å²) >= 11 is 6.08. The maximum Gasteiger partial charge on any atom is 0.255 e. The normalized spacial score (nSPS) is 10.5. The van der Waals surface area contributed by atoms with E-state index in [9.17, 15) is 4.79 Å². The van der Waals surface area contributed by atoms with Gasteiger partial charge in [-0.2, -0.15) is 0 Å². The molecule has 0 atom stereocenters. The molecule has 0 radical (unpaired) electrons. The van der Waals surface area contributed by atoms with Crippen molar-refractivity contribution in [2.75, 3.05) is 12.4 Å². The number of imidazole rings is 1. The topological polar surface area (TPSA) is 56.1 Å². The van der Waals surface area contributed by atoms with Gasteiger partial charge in [0.2, 0.25) is 0 Å². The van der Waals surface area contributed by atoms with Gasteiger partial charge in [0.25, 0.3) is 5.91 Å². The van der Waals surface area contributed by atoms with Gasteiger partial charge in [-0.1, -0.05) is 23.7 Å². The lowest BCUT2D eigenvalue weighted by Gasteiger charge is -2.09. The quantitative estimate of drug-likeness (QED) is 0.747. The molecule has 0 fully saturated rings. The highest BCUT2D eigenvalue weighted by molar-refractivity contribution is 6.32. The molecular weight excluding hydrogens is 338 g/mol. The van der Waals surface area contributed by atoms with E-state index in [1.54, 1.807) is 31.5 Å². The van der Waals surface area contributed by atoms with Crippen LogP contribution in [0.25, 0.3) is 0 Å². The summed E-state index contributed by atoms with van der Waals surface area (Å²) in [5, 5.41) is 3.28. The molecule has 25 heavy (non-hydrogen) atoms. The Morgan fingerprint density at radius 1 is 1.24 bits per heavy atom. The molecule has 1 amide bonds. The Morgan fingerprint density at radius 2 is 2.00 bits per heavy atom. The average Bonchev–Trinajstić information content (AvgIpc) is 3.00. The van der Waals surface area contributed by atoms with E-state index >= 15 is 0 Å². The van der Waals surface area contributed by atoms with Crippen molar-refractivity contribution in [3.63, 3.8) is 0 Å². The van der Waals surface area contributed by atoms with Crippen molar-refractivity contribution in [3.8, 4) is 5.75 Å². The Balaban J connectivity index is 1.68. The smallest absolute Gasteiger partial charge is 0.255 e. The van der Waals surface area contributed by atoms with Crippen LogP contribution in [-0.4, -0.2) is 22.6 Å². The zero-order chi connectivity index (χ0) is 17.8. The minimum atomic E-state index is -0.188. The number of benzene rings is 2. The van der Waals surface area contributed by atoms with Gasteiger partial charge in [0.05, 0.1) is 12.1 Å². The van der Waals surface area contributed by atoms with Crippen LogP contribution in [0.1, 0.15) is 21.7 Å². The molecule has 3 aromatic rings. The Morgan fingerprint density at radius 3 is 2.60 bits per heavy atom. The number of halogens is 1. The molecular formula is C19H18ClN3O2. The molecule has 0 aliphatic heterocycles. The van der Waals surface area contributed by atoms with E-state index in [1.807, 2.05) is 37.4 Å². The molecule has 0 unspecified atom stereocenters. The Kier molecular flexibility index (Phi) is 5.05. The molecule has 128 valence electrons. The molecule has 0 saturated heterocycles. The van der Waals surface area contributed by atoms with E-state index in [0.717, 1.165) is 17.9 Å². The van der Waals surface area contributed by atoms with Gasteiger partial charge in [0, 0.05) is 30.2 Å². The molecule has 3 rings (SSSR count). The molecule has 0 aliphatic rings. The van der Waals surface area contributed by atoms with Crippen LogP contribution in [0.15, 0.2) is 54.9 Å². The van der Waals surface area contributed by atoms with Crippen LogP contribution in [0.4, 0.5) is 5.69 Å². The summed E-state index contributed by atoms with van der Waals surface area (Å²) in [6, 6.07) is 12.6. The van der Waals surface area contributed by atoms with E-state index in [1.165, 1.54) is 0 Å². The first-order chi connectivity index (χ1) is 12.1. The van der Waals surface area contributed by atoms with Crippen LogP contribution in [0.2, 0.25) is 5.02 Å². The summed E-state index contributed by atoms with van der Waals surface area (Å²) in [7, 11) is 1.55. The molecule has 1 heterocycles. The van der Waals surface area contributed by atoms with Gasteiger partial charge < -0.3 is 14.6 Å². The lowest BCUT2D eigenvalue weighted by molar-refractivity contribution is 0.102. The fourth-order valence-electron chi connectivity index (χ4n) is 2.48. The van der Waals surface area contributed by atoms with Crippen molar-refractivity contribution in [1.29, 1.82) is 0 Å². The maximum atomic E-state index is 12.4. The second-order valence-corrected chi connectivity index (χ2v) is 6.01. The fourth-order valence-corrected chi connectivity index (χ4v) is 2.73. The summed E-state index contributed by atoms with van der Waals surface area (Å²) < 4.78 is 7.15. The monoisotopic (exact) mass is 355 g/mol. The van der Waals surface area contributed by atoms with Crippen molar-refractivity contribution < 1.29 is 9.53 Å². The summed E-state index contributed by atoms with van der Waals surface area (Å²) in [5.74, 6) is 1.34. The van der Waals surface area contributed by atoms with Gasteiger partial charge in [-0.15, -0.1) is 0 Å². The predicted octanol–water partition coefficient (Wildman–Crippen LogP) is 4.15. The molecule has 2 aromatic carbocycles. The average molecular weight is 356 g/mol. The summed E-state index contributed by atoms with van der Waals surface area (Å²) in [6.07, 6.45) is 3.71. The van der Waals surface area contributed by atoms with Gasteiger partial charge in [-0.05, 0) is 42.8 Å². The molecule has 0 saturated carbocycles. The van der Waals surface area contributed by atoms with Crippen molar-refractivity contribution in [3.05, 3.63) is 76.8 Å². The van der Waals surface area contributed by atoms with Gasteiger partial charge in [-0.25, -0.2) is 4.98 Å². The van der Waals surface area contributed by atoms with Crippen LogP contribution in [0, 0.1) is 6.92 Å². The number of ether oxygens (including phenoxy) is 1. The minimum absolute atomic E-state index is 0.188. The third kappa shape index (κ3) is 4.00. The van der Waals surface area contributed by atoms with E-state index in [4.69, 9.17) is 16.3 Å². The van der Waals surface area contributed by atoms with Crippen molar-refractivity contribution in [1.82, 2.24) is 9.55 Å². The van der Waals surface area contributed by atoms with Crippen LogP contribution >= 0.6 is 11.6 Å².